The van der Waals surface area contributed by atoms with E-state index in [0.717, 1.165) is 25.7 Å². The van der Waals surface area contributed by atoms with E-state index in [4.69, 9.17) is 5.11 Å². The van der Waals surface area contributed by atoms with E-state index in [1.54, 1.807) is 0 Å². The minimum absolute atomic E-state index is 0.00431. The predicted molar refractivity (Wildman–Crippen MR) is 57.5 cm³/mol. The van der Waals surface area contributed by atoms with Gasteiger partial charge in [-0.3, -0.25) is 9.59 Å². The summed E-state index contributed by atoms with van der Waals surface area (Å²) in [5.41, 5.74) is 0. The third-order valence-electron chi connectivity index (χ3n) is 3.17. The fourth-order valence-corrected chi connectivity index (χ4v) is 2.17. The van der Waals surface area contributed by atoms with Gasteiger partial charge in [0, 0.05) is 5.92 Å². The van der Waals surface area contributed by atoms with Crippen LogP contribution in [-0.4, -0.2) is 16.9 Å². The Morgan fingerprint density at radius 1 is 1.07 bits per heavy atom. The topological polar surface area (TPSA) is 54.4 Å². The van der Waals surface area contributed by atoms with E-state index in [1.807, 2.05) is 0 Å². The molecule has 1 rings (SSSR count). The molecule has 0 amide bonds. The van der Waals surface area contributed by atoms with Crippen molar-refractivity contribution >= 4 is 11.8 Å². The van der Waals surface area contributed by atoms with Gasteiger partial charge < -0.3 is 5.11 Å². The number of hydrogen-bond acceptors (Lipinski definition) is 2. The average Bonchev–Trinajstić information content (AvgIpc) is 2.16. The molecule has 3 heteroatoms. The fraction of sp³-hybridized carbons (Fsp3) is 0.667. The summed E-state index contributed by atoms with van der Waals surface area (Å²) in [4.78, 5) is 22.3. The van der Waals surface area contributed by atoms with Crippen LogP contribution in [0.3, 0.4) is 0 Å². The van der Waals surface area contributed by atoms with Crippen LogP contribution in [0.25, 0.3) is 0 Å². The van der Waals surface area contributed by atoms with Crippen molar-refractivity contribution in [2.45, 2.75) is 38.5 Å². The molecular weight excluding hydrogens is 192 g/mol. The Morgan fingerprint density at radius 2 is 1.60 bits per heavy atom. The molecule has 0 aromatic heterocycles. The maximum Gasteiger partial charge on any atom is 0.306 e. The van der Waals surface area contributed by atoms with Crippen LogP contribution in [0.1, 0.15) is 38.5 Å². The molecule has 1 aliphatic carbocycles. The number of allylic oxidation sites excluding steroid dienone is 1. The van der Waals surface area contributed by atoms with Crippen molar-refractivity contribution in [2.24, 2.45) is 11.8 Å². The molecule has 0 aliphatic heterocycles. The molecule has 15 heavy (non-hydrogen) atoms. The third kappa shape index (κ3) is 3.50. The van der Waals surface area contributed by atoms with Crippen molar-refractivity contribution in [3.63, 3.8) is 0 Å². The Labute approximate surface area is 90.2 Å². The van der Waals surface area contributed by atoms with Gasteiger partial charge in [-0.25, -0.2) is 0 Å². The minimum Gasteiger partial charge on any atom is -0.481 e. The van der Waals surface area contributed by atoms with Crippen molar-refractivity contribution < 1.29 is 14.7 Å². The molecule has 0 aromatic carbocycles. The highest BCUT2D eigenvalue weighted by Gasteiger charge is 2.24. The maximum atomic E-state index is 11.4. The fourth-order valence-electron chi connectivity index (χ4n) is 2.17. The lowest BCUT2D eigenvalue weighted by atomic mass is 9.83. The summed E-state index contributed by atoms with van der Waals surface area (Å²) in [5.74, 6) is -0.905. The Morgan fingerprint density at radius 3 is 2.13 bits per heavy atom. The molecule has 1 fully saturated rings. The van der Waals surface area contributed by atoms with Crippen LogP contribution in [0.5, 0.6) is 0 Å². The second kappa shape index (κ2) is 5.69. The summed E-state index contributed by atoms with van der Waals surface area (Å²) >= 11 is 0. The van der Waals surface area contributed by atoms with Crippen molar-refractivity contribution in [3.8, 4) is 0 Å². The molecule has 1 saturated carbocycles. The van der Waals surface area contributed by atoms with E-state index in [9.17, 15) is 9.59 Å². The van der Waals surface area contributed by atoms with Gasteiger partial charge in [0.05, 0.1) is 5.92 Å². The minimum atomic E-state index is -0.721. The van der Waals surface area contributed by atoms with Crippen molar-refractivity contribution in [1.29, 1.82) is 0 Å². The largest absolute Gasteiger partial charge is 0.481 e. The van der Waals surface area contributed by atoms with Gasteiger partial charge in [0.15, 0.2) is 5.78 Å². The molecule has 2 unspecified atom stereocenters. The Kier molecular flexibility index (Phi) is 4.53. The lowest BCUT2D eigenvalue weighted by molar-refractivity contribution is -0.142. The quantitative estimate of drug-likeness (QED) is 0.728. The molecule has 0 radical (unpaired) electrons. The third-order valence-corrected chi connectivity index (χ3v) is 3.17. The number of carboxylic acid groups (broad SMARTS) is 1. The summed E-state index contributed by atoms with van der Waals surface area (Å²) < 4.78 is 0. The molecule has 0 heterocycles. The normalized spacial score (nSPS) is 27.5. The second-order valence-electron chi connectivity index (χ2n) is 4.20. The van der Waals surface area contributed by atoms with Gasteiger partial charge in [-0.2, -0.15) is 0 Å². The summed E-state index contributed by atoms with van der Waals surface area (Å²) in [6.07, 6.45) is 6.19. The van der Waals surface area contributed by atoms with Crippen LogP contribution in [0.15, 0.2) is 12.7 Å². The zero-order valence-electron chi connectivity index (χ0n) is 8.95. The van der Waals surface area contributed by atoms with Gasteiger partial charge in [0.2, 0.25) is 0 Å². The van der Waals surface area contributed by atoms with E-state index in [1.165, 1.54) is 6.08 Å². The van der Waals surface area contributed by atoms with Crippen LogP contribution in [-0.2, 0) is 9.59 Å². The van der Waals surface area contributed by atoms with Gasteiger partial charge in [0.1, 0.15) is 0 Å². The number of ketones is 1. The molecule has 1 aliphatic rings. The highest BCUT2D eigenvalue weighted by atomic mass is 16.4. The van der Waals surface area contributed by atoms with Crippen molar-refractivity contribution in [1.82, 2.24) is 0 Å². The van der Waals surface area contributed by atoms with E-state index in [0.29, 0.717) is 12.8 Å². The Hall–Kier alpha value is -1.12. The van der Waals surface area contributed by atoms with Crippen LogP contribution in [0, 0.1) is 11.8 Å². The molecule has 84 valence electrons. The predicted octanol–water partition coefficient (Wildman–Crippen LogP) is 2.41. The first-order chi connectivity index (χ1) is 7.15. The summed E-state index contributed by atoms with van der Waals surface area (Å²) in [5, 5.41) is 8.93. The molecule has 1 N–H and O–H groups in total. The van der Waals surface area contributed by atoms with Crippen LogP contribution >= 0.6 is 0 Å². The zero-order valence-corrected chi connectivity index (χ0v) is 8.95. The number of carboxylic acids is 1. The first-order valence-electron chi connectivity index (χ1n) is 5.54. The summed E-state index contributed by atoms with van der Waals surface area (Å²) in [6.45, 7) is 3.48. The number of hydrogen-bond donors (Lipinski definition) is 1. The van der Waals surface area contributed by atoms with Crippen LogP contribution < -0.4 is 0 Å². The standard InChI is InChI=1S/C12H18O3/c1-2-11(13)9-5-3-4-6-10(8-7-9)12(14)15/h2,9-10H,1,3-8H2,(H,14,15). The van der Waals surface area contributed by atoms with Gasteiger partial charge in [-0.05, 0) is 31.8 Å². The van der Waals surface area contributed by atoms with Crippen molar-refractivity contribution in [2.75, 3.05) is 0 Å². The monoisotopic (exact) mass is 210 g/mol. The molecule has 0 aromatic rings. The summed E-state index contributed by atoms with van der Waals surface area (Å²) in [6, 6.07) is 0. The SMILES string of the molecule is C=CC(=O)C1CCCCC(C(=O)O)CC1. The molecule has 0 bridgehead atoms. The summed E-state index contributed by atoms with van der Waals surface area (Å²) in [7, 11) is 0. The number of aliphatic carboxylic acids is 1. The Balaban J connectivity index is 2.54. The molecular formula is C12H18O3. The van der Waals surface area contributed by atoms with Gasteiger partial charge in [-0.1, -0.05) is 19.4 Å². The maximum absolute atomic E-state index is 11.4. The number of carbonyl (C=O) groups excluding carboxylic acids is 1. The molecule has 2 atom stereocenters. The molecule has 0 saturated heterocycles. The Bertz CT molecular complexity index is 258. The van der Waals surface area contributed by atoms with E-state index in [-0.39, 0.29) is 17.6 Å². The number of carbonyl (C=O) groups is 2. The van der Waals surface area contributed by atoms with E-state index in [2.05, 4.69) is 6.58 Å². The van der Waals surface area contributed by atoms with Gasteiger partial charge in [0.25, 0.3) is 0 Å². The van der Waals surface area contributed by atoms with Gasteiger partial charge in [-0.15, -0.1) is 0 Å². The average molecular weight is 210 g/mol. The van der Waals surface area contributed by atoms with Crippen LogP contribution in [0.4, 0.5) is 0 Å². The van der Waals surface area contributed by atoms with E-state index < -0.39 is 5.97 Å². The number of rotatable bonds is 3. The molecule has 3 nitrogen and oxygen atoms in total. The van der Waals surface area contributed by atoms with Crippen LogP contribution in [0.2, 0.25) is 0 Å². The smallest absolute Gasteiger partial charge is 0.306 e. The lowest BCUT2D eigenvalue weighted by Crippen LogP contribution is -2.20. The highest BCUT2D eigenvalue weighted by Crippen LogP contribution is 2.27. The second-order valence-corrected chi connectivity index (χ2v) is 4.20. The first-order valence-corrected chi connectivity index (χ1v) is 5.54. The highest BCUT2D eigenvalue weighted by molar-refractivity contribution is 5.91. The first kappa shape index (κ1) is 12.0. The van der Waals surface area contributed by atoms with Crippen molar-refractivity contribution in [3.05, 3.63) is 12.7 Å². The molecule has 0 spiro atoms. The zero-order chi connectivity index (χ0) is 11.3. The lowest BCUT2D eigenvalue weighted by Gasteiger charge is -2.20. The van der Waals surface area contributed by atoms with E-state index >= 15 is 0 Å². The van der Waals surface area contributed by atoms with Gasteiger partial charge >= 0.3 is 5.97 Å².